The molecule has 3 heteroatoms. The van der Waals surface area contributed by atoms with Gasteiger partial charge in [-0.2, -0.15) is 0 Å². The number of nitrogens with zero attached hydrogens (tertiary/aromatic N) is 1. The third-order valence-corrected chi connectivity index (χ3v) is 4.14. The number of benzene rings is 2. The van der Waals surface area contributed by atoms with Gasteiger partial charge in [0.15, 0.2) is 0 Å². The Hall–Kier alpha value is -1.67. The third kappa shape index (κ3) is 4.15. The summed E-state index contributed by atoms with van der Waals surface area (Å²) in [4.78, 5) is 2.30. The minimum atomic E-state index is 0.656. The molecule has 21 heavy (non-hydrogen) atoms. The summed E-state index contributed by atoms with van der Waals surface area (Å²) in [6.07, 6.45) is 0. The molecule has 2 rings (SSSR count). The van der Waals surface area contributed by atoms with Crippen molar-refractivity contribution in [2.45, 2.75) is 20.8 Å². The van der Waals surface area contributed by atoms with Crippen molar-refractivity contribution in [3.05, 3.63) is 58.6 Å². The Kier molecular flexibility index (Phi) is 5.51. The molecule has 112 valence electrons. The lowest BCUT2D eigenvalue weighted by atomic mass is 10.1. The monoisotopic (exact) mass is 303 g/mol. The van der Waals surface area contributed by atoms with E-state index in [9.17, 15) is 0 Å². The summed E-state index contributed by atoms with van der Waals surface area (Å²) in [5, 5.41) is 0.821. The van der Waals surface area contributed by atoms with Crippen LogP contribution in [0.5, 0.6) is 5.75 Å². The van der Waals surface area contributed by atoms with Crippen LogP contribution in [0.15, 0.2) is 42.5 Å². The molecule has 0 atom stereocenters. The van der Waals surface area contributed by atoms with Crippen molar-refractivity contribution in [2.24, 2.45) is 0 Å². The van der Waals surface area contributed by atoms with Gasteiger partial charge in [0, 0.05) is 17.3 Å². The van der Waals surface area contributed by atoms with Crippen molar-refractivity contribution in [1.82, 2.24) is 0 Å². The molecule has 0 heterocycles. The second-order valence-corrected chi connectivity index (χ2v) is 5.51. The Labute approximate surface area is 132 Å². The van der Waals surface area contributed by atoms with E-state index < -0.39 is 0 Å². The van der Waals surface area contributed by atoms with Gasteiger partial charge in [-0.25, -0.2) is 0 Å². The molecular weight excluding hydrogens is 282 g/mol. The molecule has 0 bridgehead atoms. The Morgan fingerprint density at radius 2 is 1.67 bits per heavy atom. The standard InChI is InChI=1S/C18H22ClNO/c1-4-20(16-8-6-5-7-9-16)10-11-21-17-12-14(2)18(19)15(3)13-17/h5-9,12-13H,4,10-11H2,1-3H3. The number of hydrogen-bond donors (Lipinski definition) is 0. The summed E-state index contributed by atoms with van der Waals surface area (Å²) in [5.74, 6) is 0.888. The average Bonchev–Trinajstić information content (AvgIpc) is 2.50. The number of halogens is 1. The van der Waals surface area contributed by atoms with Crippen molar-refractivity contribution in [1.29, 1.82) is 0 Å². The van der Waals surface area contributed by atoms with Gasteiger partial charge < -0.3 is 9.64 Å². The molecule has 0 aliphatic heterocycles. The molecule has 2 nitrogen and oxygen atoms in total. The smallest absolute Gasteiger partial charge is 0.120 e. The van der Waals surface area contributed by atoms with Crippen LogP contribution in [0, 0.1) is 13.8 Å². The fourth-order valence-corrected chi connectivity index (χ4v) is 2.48. The molecule has 0 spiro atoms. The molecule has 0 amide bonds. The summed E-state index contributed by atoms with van der Waals surface area (Å²) in [7, 11) is 0. The minimum Gasteiger partial charge on any atom is -0.492 e. The maximum atomic E-state index is 6.17. The number of para-hydroxylation sites is 1. The van der Waals surface area contributed by atoms with Crippen LogP contribution in [0.25, 0.3) is 0 Å². The summed E-state index contributed by atoms with van der Waals surface area (Å²) >= 11 is 6.17. The number of aryl methyl sites for hydroxylation is 2. The Bertz CT molecular complexity index is 560. The van der Waals surface area contributed by atoms with Crippen LogP contribution < -0.4 is 9.64 Å². The zero-order valence-electron chi connectivity index (χ0n) is 12.9. The van der Waals surface area contributed by atoms with Gasteiger partial charge in [0.05, 0.1) is 6.54 Å². The maximum absolute atomic E-state index is 6.17. The molecule has 2 aromatic carbocycles. The van der Waals surface area contributed by atoms with E-state index in [0.717, 1.165) is 35.0 Å². The zero-order chi connectivity index (χ0) is 15.2. The van der Waals surface area contributed by atoms with Gasteiger partial charge in [-0.15, -0.1) is 0 Å². The molecule has 2 aromatic rings. The van der Waals surface area contributed by atoms with Gasteiger partial charge in [0.1, 0.15) is 12.4 Å². The van der Waals surface area contributed by atoms with Gasteiger partial charge in [-0.05, 0) is 56.2 Å². The highest BCUT2D eigenvalue weighted by atomic mass is 35.5. The highest BCUT2D eigenvalue weighted by molar-refractivity contribution is 6.32. The molecule has 0 aromatic heterocycles. The van der Waals surface area contributed by atoms with E-state index >= 15 is 0 Å². The number of anilines is 1. The minimum absolute atomic E-state index is 0.656. The van der Waals surface area contributed by atoms with Gasteiger partial charge >= 0.3 is 0 Å². The first-order chi connectivity index (χ1) is 10.1. The van der Waals surface area contributed by atoms with Crippen LogP contribution in [0.1, 0.15) is 18.1 Å². The van der Waals surface area contributed by atoms with E-state index in [1.165, 1.54) is 5.69 Å². The van der Waals surface area contributed by atoms with Crippen LogP contribution in [0.2, 0.25) is 5.02 Å². The van der Waals surface area contributed by atoms with E-state index in [0.29, 0.717) is 6.61 Å². The van der Waals surface area contributed by atoms with Crippen molar-refractivity contribution in [2.75, 3.05) is 24.6 Å². The molecule has 0 saturated heterocycles. The van der Waals surface area contributed by atoms with Crippen molar-refractivity contribution in [3.63, 3.8) is 0 Å². The summed E-state index contributed by atoms with van der Waals surface area (Å²) in [6, 6.07) is 14.4. The van der Waals surface area contributed by atoms with E-state index in [-0.39, 0.29) is 0 Å². The average molecular weight is 304 g/mol. The zero-order valence-corrected chi connectivity index (χ0v) is 13.7. The fourth-order valence-electron chi connectivity index (χ4n) is 2.37. The van der Waals surface area contributed by atoms with Gasteiger partial charge in [0.2, 0.25) is 0 Å². The first kappa shape index (κ1) is 15.7. The quantitative estimate of drug-likeness (QED) is 0.755. The lowest BCUT2D eigenvalue weighted by Crippen LogP contribution is -2.27. The molecule has 0 fully saturated rings. The molecule has 0 N–H and O–H groups in total. The second kappa shape index (κ2) is 7.37. The van der Waals surface area contributed by atoms with E-state index in [1.807, 2.05) is 32.0 Å². The molecule has 0 unspecified atom stereocenters. The summed E-state index contributed by atoms with van der Waals surface area (Å²) in [6.45, 7) is 8.65. The predicted molar refractivity (Wildman–Crippen MR) is 90.8 cm³/mol. The fraction of sp³-hybridized carbons (Fsp3) is 0.333. The van der Waals surface area contributed by atoms with Crippen LogP contribution in [-0.2, 0) is 0 Å². The predicted octanol–water partition coefficient (Wildman–Crippen LogP) is 4.86. The summed E-state index contributed by atoms with van der Waals surface area (Å²) in [5.41, 5.74) is 3.34. The highest BCUT2D eigenvalue weighted by Crippen LogP contribution is 2.25. The van der Waals surface area contributed by atoms with Crippen LogP contribution in [0.4, 0.5) is 5.69 Å². The first-order valence-corrected chi connectivity index (χ1v) is 7.69. The number of ether oxygens (including phenoxy) is 1. The van der Waals surface area contributed by atoms with Gasteiger partial charge in [-0.1, -0.05) is 29.8 Å². The number of hydrogen-bond acceptors (Lipinski definition) is 2. The van der Waals surface area contributed by atoms with Crippen molar-refractivity contribution < 1.29 is 4.74 Å². The van der Waals surface area contributed by atoms with Gasteiger partial charge in [-0.3, -0.25) is 0 Å². The van der Waals surface area contributed by atoms with Crippen LogP contribution in [0.3, 0.4) is 0 Å². The van der Waals surface area contributed by atoms with Crippen molar-refractivity contribution in [3.8, 4) is 5.75 Å². The van der Waals surface area contributed by atoms with Gasteiger partial charge in [0.25, 0.3) is 0 Å². The van der Waals surface area contributed by atoms with E-state index in [4.69, 9.17) is 16.3 Å². The van der Waals surface area contributed by atoms with Crippen LogP contribution >= 0.6 is 11.6 Å². The van der Waals surface area contributed by atoms with Crippen molar-refractivity contribution >= 4 is 17.3 Å². The third-order valence-electron chi connectivity index (χ3n) is 3.54. The molecule has 0 radical (unpaired) electrons. The number of rotatable bonds is 6. The lowest BCUT2D eigenvalue weighted by molar-refractivity contribution is 0.324. The Morgan fingerprint density at radius 3 is 2.24 bits per heavy atom. The number of likely N-dealkylation sites (N-methyl/N-ethyl adjacent to an activating group) is 1. The Morgan fingerprint density at radius 1 is 1.05 bits per heavy atom. The summed E-state index contributed by atoms with van der Waals surface area (Å²) < 4.78 is 5.88. The second-order valence-electron chi connectivity index (χ2n) is 5.13. The molecule has 0 aliphatic rings. The maximum Gasteiger partial charge on any atom is 0.120 e. The lowest BCUT2D eigenvalue weighted by Gasteiger charge is -2.23. The molecular formula is C18H22ClNO. The van der Waals surface area contributed by atoms with E-state index in [1.54, 1.807) is 0 Å². The largest absolute Gasteiger partial charge is 0.492 e. The molecule has 0 saturated carbocycles. The van der Waals surface area contributed by atoms with E-state index in [2.05, 4.69) is 36.1 Å². The molecule has 0 aliphatic carbocycles. The highest BCUT2D eigenvalue weighted by Gasteiger charge is 2.06. The van der Waals surface area contributed by atoms with Crippen LogP contribution in [-0.4, -0.2) is 19.7 Å². The first-order valence-electron chi connectivity index (χ1n) is 7.31. The Balaban J connectivity index is 1.94. The SMILES string of the molecule is CCN(CCOc1cc(C)c(Cl)c(C)c1)c1ccccc1. The normalized spacial score (nSPS) is 10.5. The topological polar surface area (TPSA) is 12.5 Å².